The summed E-state index contributed by atoms with van der Waals surface area (Å²) in [5, 5.41) is 9.47. The molecule has 1 unspecified atom stereocenters. The van der Waals surface area contributed by atoms with Crippen LogP contribution in [0, 0.1) is 0 Å². The van der Waals surface area contributed by atoms with Crippen molar-refractivity contribution in [2.24, 2.45) is 0 Å². The molecular formula is C24H50O2. The summed E-state index contributed by atoms with van der Waals surface area (Å²) in [6.07, 6.45) is 25.4. The highest BCUT2D eigenvalue weighted by Gasteiger charge is 2.07. The number of unbranched alkanes of at least 4 members (excludes halogenated alkanes) is 16. The Balaban J connectivity index is 3.28. The van der Waals surface area contributed by atoms with E-state index in [-0.39, 0.29) is 12.7 Å². The Morgan fingerprint density at radius 2 is 0.923 bits per heavy atom. The molecule has 26 heavy (non-hydrogen) atoms. The maximum atomic E-state index is 9.47. The molecule has 0 fully saturated rings. The summed E-state index contributed by atoms with van der Waals surface area (Å²) in [5.74, 6) is 0. The van der Waals surface area contributed by atoms with Gasteiger partial charge in [0.05, 0.1) is 12.7 Å². The molecule has 0 aliphatic heterocycles. The average molecular weight is 371 g/mol. The van der Waals surface area contributed by atoms with E-state index in [1.165, 1.54) is 109 Å². The van der Waals surface area contributed by atoms with Gasteiger partial charge in [-0.25, -0.2) is 0 Å². The minimum atomic E-state index is 0.0774. The fraction of sp³-hybridized carbons (Fsp3) is 1.00. The Hall–Kier alpha value is -0.0800. The van der Waals surface area contributed by atoms with Gasteiger partial charge in [0.2, 0.25) is 0 Å². The third kappa shape index (κ3) is 20.2. The van der Waals surface area contributed by atoms with Crippen molar-refractivity contribution in [2.45, 2.75) is 142 Å². The Labute approximate surface area is 165 Å². The molecule has 0 aromatic carbocycles. The molecule has 0 aliphatic carbocycles. The van der Waals surface area contributed by atoms with Gasteiger partial charge in [-0.2, -0.15) is 0 Å². The molecular weight excluding hydrogens is 320 g/mol. The van der Waals surface area contributed by atoms with Crippen LogP contribution in [-0.4, -0.2) is 24.4 Å². The number of aliphatic hydroxyl groups excluding tert-OH is 1. The predicted octanol–water partition coefficient (Wildman–Crippen LogP) is 7.82. The quantitative estimate of drug-likeness (QED) is 0.197. The van der Waals surface area contributed by atoms with E-state index in [0.717, 1.165) is 19.4 Å². The molecule has 0 rings (SSSR count). The molecule has 2 nitrogen and oxygen atoms in total. The van der Waals surface area contributed by atoms with Crippen LogP contribution in [0.2, 0.25) is 0 Å². The first kappa shape index (κ1) is 25.9. The van der Waals surface area contributed by atoms with E-state index in [1.807, 2.05) is 0 Å². The molecule has 158 valence electrons. The van der Waals surface area contributed by atoms with Crippen molar-refractivity contribution in [3.63, 3.8) is 0 Å². The summed E-state index contributed by atoms with van der Waals surface area (Å²) in [5.41, 5.74) is 0. The van der Waals surface area contributed by atoms with Crippen LogP contribution in [0.15, 0.2) is 0 Å². The number of ether oxygens (including phenoxy) is 1. The largest absolute Gasteiger partial charge is 0.394 e. The van der Waals surface area contributed by atoms with Gasteiger partial charge in [0.1, 0.15) is 0 Å². The monoisotopic (exact) mass is 370 g/mol. The molecule has 0 aromatic rings. The molecule has 1 N–H and O–H groups in total. The number of hydrogen-bond donors (Lipinski definition) is 1. The number of rotatable bonds is 22. The second-order valence-corrected chi connectivity index (χ2v) is 8.12. The second kappa shape index (κ2) is 23.0. The van der Waals surface area contributed by atoms with E-state index in [0.29, 0.717) is 0 Å². The van der Waals surface area contributed by atoms with Gasteiger partial charge in [0.15, 0.2) is 0 Å². The summed E-state index contributed by atoms with van der Waals surface area (Å²) in [6.45, 7) is 5.57. The van der Waals surface area contributed by atoms with Crippen LogP contribution >= 0.6 is 0 Å². The minimum Gasteiger partial charge on any atom is -0.394 e. The molecule has 1 atom stereocenters. The Bertz CT molecular complexity index is 242. The van der Waals surface area contributed by atoms with Gasteiger partial charge in [-0.15, -0.1) is 0 Å². The zero-order valence-electron chi connectivity index (χ0n) is 18.3. The van der Waals surface area contributed by atoms with Gasteiger partial charge in [0, 0.05) is 6.61 Å². The summed E-state index contributed by atoms with van der Waals surface area (Å²) >= 11 is 0. The number of aliphatic hydroxyl groups is 1. The topological polar surface area (TPSA) is 29.5 Å². The second-order valence-electron chi connectivity index (χ2n) is 8.12. The lowest BCUT2D eigenvalue weighted by molar-refractivity contribution is 0.00497. The summed E-state index contributed by atoms with van der Waals surface area (Å²) < 4.78 is 5.87. The number of hydrogen-bond acceptors (Lipinski definition) is 2. The van der Waals surface area contributed by atoms with Gasteiger partial charge < -0.3 is 9.84 Å². The fourth-order valence-corrected chi connectivity index (χ4v) is 3.57. The highest BCUT2D eigenvalue weighted by atomic mass is 16.5. The third-order valence-corrected chi connectivity index (χ3v) is 5.43. The molecule has 0 aromatic heterocycles. The van der Waals surface area contributed by atoms with Crippen LogP contribution in [0.1, 0.15) is 136 Å². The SMILES string of the molecule is CCCCCCCCCCCCC(CO)OCCCCCCCCCC. The molecule has 0 radical (unpaired) electrons. The van der Waals surface area contributed by atoms with Crippen molar-refractivity contribution >= 4 is 0 Å². The van der Waals surface area contributed by atoms with Crippen molar-refractivity contribution in [2.75, 3.05) is 13.2 Å². The molecule has 2 heteroatoms. The summed E-state index contributed by atoms with van der Waals surface area (Å²) in [7, 11) is 0. The van der Waals surface area contributed by atoms with Crippen molar-refractivity contribution < 1.29 is 9.84 Å². The smallest absolute Gasteiger partial charge is 0.0805 e. The highest BCUT2D eigenvalue weighted by molar-refractivity contribution is 4.57. The van der Waals surface area contributed by atoms with Crippen LogP contribution in [-0.2, 0) is 4.74 Å². The first-order valence-corrected chi connectivity index (χ1v) is 12.1. The van der Waals surface area contributed by atoms with Crippen molar-refractivity contribution in [1.82, 2.24) is 0 Å². The first-order valence-electron chi connectivity index (χ1n) is 12.1. The minimum absolute atomic E-state index is 0.0774. The Morgan fingerprint density at radius 1 is 0.538 bits per heavy atom. The van der Waals surface area contributed by atoms with Crippen LogP contribution in [0.25, 0.3) is 0 Å². The van der Waals surface area contributed by atoms with Gasteiger partial charge in [0.25, 0.3) is 0 Å². The lowest BCUT2D eigenvalue weighted by Crippen LogP contribution is -2.18. The van der Waals surface area contributed by atoms with Crippen molar-refractivity contribution in [1.29, 1.82) is 0 Å². The fourth-order valence-electron chi connectivity index (χ4n) is 3.57. The zero-order chi connectivity index (χ0) is 19.1. The molecule has 0 saturated carbocycles. The third-order valence-electron chi connectivity index (χ3n) is 5.43. The Kier molecular flexibility index (Phi) is 22.9. The Morgan fingerprint density at radius 3 is 1.35 bits per heavy atom. The first-order chi connectivity index (χ1) is 12.8. The maximum absolute atomic E-state index is 9.47. The molecule has 0 saturated heterocycles. The maximum Gasteiger partial charge on any atom is 0.0805 e. The van der Waals surface area contributed by atoms with E-state index in [4.69, 9.17) is 4.74 Å². The van der Waals surface area contributed by atoms with Gasteiger partial charge in [-0.3, -0.25) is 0 Å². The lowest BCUT2D eigenvalue weighted by Gasteiger charge is -2.15. The lowest BCUT2D eigenvalue weighted by atomic mass is 10.0. The van der Waals surface area contributed by atoms with Gasteiger partial charge >= 0.3 is 0 Å². The highest BCUT2D eigenvalue weighted by Crippen LogP contribution is 2.13. The normalized spacial score (nSPS) is 12.6. The molecule has 0 aliphatic rings. The van der Waals surface area contributed by atoms with E-state index in [2.05, 4.69) is 13.8 Å². The predicted molar refractivity (Wildman–Crippen MR) is 116 cm³/mol. The van der Waals surface area contributed by atoms with Crippen LogP contribution < -0.4 is 0 Å². The van der Waals surface area contributed by atoms with Crippen molar-refractivity contribution in [3.05, 3.63) is 0 Å². The molecule has 0 bridgehead atoms. The standard InChI is InChI=1S/C24H50O2/c1-3-5-7-9-11-13-14-15-17-19-21-24(23-25)26-22-20-18-16-12-10-8-6-4-2/h24-25H,3-23H2,1-2H3. The van der Waals surface area contributed by atoms with Gasteiger partial charge in [-0.1, -0.05) is 123 Å². The van der Waals surface area contributed by atoms with Gasteiger partial charge in [-0.05, 0) is 12.8 Å². The van der Waals surface area contributed by atoms with E-state index in [9.17, 15) is 5.11 Å². The van der Waals surface area contributed by atoms with E-state index >= 15 is 0 Å². The van der Waals surface area contributed by atoms with Crippen LogP contribution in [0.5, 0.6) is 0 Å². The molecule has 0 spiro atoms. The molecule has 0 heterocycles. The summed E-state index contributed by atoms with van der Waals surface area (Å²) in [4.78, 5) is 0. The zero-order valence-corrected chi connectivity index (χ0v) is 18.3. The van der Waals surface area contributed by atoms with Crippen LogP contribution in [0.4, 0.5) is 0 Å². The van der Waals surface area contributed by atoms with E-state index < -0.39 is 0 Å². The molecule has 0 amide bonds. The summed E-state index contributed by atoms with van der Waals surface area (Å²) in [6, 6.07) is 0. The van der Waals surface area contributed by atoms with Crippen LogP contribution in [0.3, 0.4) is 0 Å². The average Bonchev–Trinajstić information content (AvgIpc) is 2.66. The van der Waals surface area contributed by atoms with Crippen molar-refractivity contribution in [3.8, 4) is 0 Å². The van der Waals surface area contributed by atoms with E-state index in [1.54, 1.807) is 0 Å².